The molecular weight excluding hydrogens is 402 g/mol. The van der Waals surface area contributed by atoms with Crippen LogP contribution in [-0.2, 0) is 4.74 Å². The van der Waals surface area contributed by atoms with Crippen LogP contribution in [0.3, 0.4) is 0 Å². The van der Waals surface area contributed by atoms with Crippen molar-refractivity contribution in [3.05, 3.63) is 60.2 Å². The van der Waals surface area contributed by atoms with E-state index in [2.05, 4.69) is 40.5 Å². The van der Waals surface area contributed by atoms with E-state index in [0.717, 1.165) is 37.5 Å². The molecule has 3 fully saturated rings. The monoisotopic (exact) mass is 435 g/mol. The first-order valence-electron chi connectivity index (χ1n) is 12.0. The quantitative estimate of drug-likeness (QED) is 0.679. The van der Waals surface area contributed by atoms with Crippen LogP contribution in [0.2, 0.25) is 0 Å². The Hall–Kier alpha value is -2.57. The molecule has 2 heterocycles. The number of amides is 1. The van der Waals surface area contributed by atoms with E-state index in [1.165, 1.54) is 24.8 Å². The van der Waals surface area contributed by atoms with Crippen LogP contribution in [0.15, 0.2) is 54.6 Å². The summed E-state index contributed by atoms with van der Waals surface area (Å²) in [5.74, 6) is 1.55. The van der Waals surface area contributed by atoms with E-state index in [1.54, 1.807) is 4.90 Å². The second kappa shape index (κ2) is 9.92. The van der Waals surface area contributed by atoms with Crippen molar-refractivity contribution in [1.82, 2.24) is 10.2 Å². The molecule has 1 aliphatic carbocycles. The zero-order valence-corrected chi connectivity index (χ0v) is 18.6. The fourth-order valence-corrected chi connectivity index (χ4v) is 4.87. The third-order valence-electron chi connectivity index (χ3n) is 6.85. The highest BCUT2D eigenvalue weighted by molar-refractivity contribution is 5.88. The summed E-state index contributed by atoms with van der Waals surface area (Å²) >= 11 is 0. The summed E-state index contributed by atoms with van der Waals surface area (Å²) in [7, 11) is 0. The van der Waals surface area contributed by atoms with Gasteiger partial charge in [-0.05, 0) is 68.6 Å². The average Bonchev–Trinajstić information content (AvgIpc) is 3.61. The highest BCUT2D eigenvalue weighted by Gasteiger charge is 2.39. The van der Waals surface area contributed by atoms with Gasteiger partial charge in [0, 0.05) is 36.8 Å². The van der Waals surface area contributed by atoms with E-state index in [1.807, 2.05) is 24.3 Å². The van der Waals surface area contributed by atoms with Gasteiger partial charge in [-0.15, -0.1) is 0 Å². The molecule has 6 nitrogen and oxygen atoms in total. The number of rotatable bonds is 8. The van der Waals surface area contributed by atoms with E-state index < -0.39 is 0 Å². The number of benzene rings is 2. The molecule has 2 aromatic carbocycles. The summed E-state index contributed by atoms with van der Waals surface area (Å²) in [6.45, 7) is 5.10. The van der Waals surface area contributed by atoms with E-state index >= 15 is 0 Å². The molecule has 2 atom stereocenters. The van der Waals surface area contributed by atoms with Gasteiger partial charge in [0.25, 0.3) is 0 Å². The fourth-order valence-electron chi connectivity index (χ4n) is 4.87. The van der Waals surface area contributed by atoms with Crippen LogP contribution in [0.1, 0.15) is 37.2 Å². The lowest BCUT2D eigenvalue weighted by atomic mass is 10.0. The van der Waals surface area contributed by atoms with Crippen molar-refractivity contribution >= 4 is 11.8 Å². The van der Waals surface area contributed by atoms with Gasteiger partial charge in [-0.25, -0.2) is 4.79 Å². The van der Waals surface area contributed by atoms with Gasteiger partial charge in [0.1, 0.15) is 12.4 Å². The lowest BCUT2D eigenvalue weighted by molar-refractivity contribution is 0.140. The summed E-state index contributed by atoms with van der Waals surface area (Å²) < 4.78 is 11.1. The van der Waals surface area contributed by atoms with E-state index in [0.29, 0.717) is 37.8 Å². The molecule has 2 saturated heterocycles. The van der Waals surface area contributed by atoms with Gasteiger partial charge in [-0.1, -0.05) is 30.3 Å². The van der Waals surface area contributed by atoms with Gasteiger partial charge in [-0.2, -0.15) is 0 Å². The summed E-state index contributed by atoms with van der Waals surface area (Å²) in [6.07, 6.45) is 4.29. The van der Waals surface area contributed by atoms with Crippen molar-refractivity contribution in [1.29, 1.82) is 0 Å². The Balaban J connectivity index is 0.993. The molecule has 6 heteroatoms. The van der Waals surface area contributed by atoms with Crippen LogP contribution in [0.4, 0.5) is 10.5 Å². The maximum atomic E-state index is 11.9. The van der Waals surface area contributed by atoms with Crippen molar-refractivity contribution in [2.75, 3.05) is 44.3 Å². The molecule has 5 rings (SSSR count). The highest BCUT2D eigenvalue weighted by atomic mass is 16.6. The molecule has 2 aliphatic heterocycles. The Morgan fingerprint density at radius 1 is 1.00 bits per heavy atom. The first-order chi connectivity index (χ1) is 15.8. The standard InChI is InChI=1S/C26H33N3O3/c30-26-29(13-4-17-32-26)22-7-9-23(10-8-22)31-18-16-28-14-11-21(12-15-28)27-25-19-24(25)20-5-2-1-3-6-20/h1-3,5-10,21,24-25,27H,4,11-19H2/t24-,25+/m0/s1. The second-order valence-electron chi connectivity index (χ2n) is 9.10. The predicted octanol–water partition coefficient (Wildman–Crippen LogP) is 4.02. The highest BCUT2D eigenvalue weighted by Crippen LogP contribution is 2.41. The van der Waals surface area contributed by atoms with Crippen LogP contribution < -0.4 is 15.0 Å². The maximum absolute atomic E-state index is 11.9. The van der Waals surface area contributed by atoms with Crippen molar-refractivity contribution in [3.8, 4) is 5.75 Å². The summed E-state index contributed by atoms with van der Waals surface area (Å²) in [5.41, 5.74) is 2.34. The number of hydrogen-bond donors (Lipinski definition) is 1. The Bertz CT molecular complexity index is 881. The molecule has 2 aromatic rings. The molecule has 3 aliphatic rings. The van der Waals surface area contributed by atoms with Crippen molar-refractivity contribution in [3.63, 3.8) is 0 Å². The summed E-state index contributed by atoms with van der Waals surface area (Å²) in [6, 6.07) is 19.9. The van der Waals surface area contributed by atoms with Crippen molar-refractivity contribution in [2.45, 2.75) is 43.7 Å². The number of nitrogens with zero attached hydrogens (tertiary/aromatic N) is 2. The van der Waals surface area contributed by atoms with Crippen molar-refractivity contribution < 1.29 is 14.3 Å². The van der Waals surface area contributed by atoms with Gasteiger partial charge in [0.05, 0.1) is 6.61 Å². The van der Waals surface area contributed by atoms with Gasteiger partial charge >= 0.3 is 6.09 Å². The van der Waals surface area contributed by atoms with Gasteiger partial charge < -0.3 is 14.8 Å². The first-order valence-corrected chi connectivity index (χ1v) is 12.0. The number of carbonyl (C=O) groups is 1. The van der Waals surface area contributed by atoms with E-state index in [4.69, 9.17) is 9.47 Å². The van der Waals surface area contributed by atoms with Crippen LogP contribution >= 0.6 is 0 Å². The molecule has 170 valence electrons. The number of nitrogens with one attached hydrogen (secondary N) is 1. The molecule has 32 heavy (non-hydrogen) atoms. The van der Waals surface area contributed by atoms with Crippen LogP contribution in [0.5, 0.6) is 5.75 Å². The summed E-state index contributed by atoms with van der Waals surface area (Å²) in [5, 5.41) is 3.88. The molecule has 0 aromatic heterocycles. The molecule has 1 amide bonds. The minimum absolute atomic E-state index is 0.264. The largest absolute Gasteiger partial charge is 0.492 e. The molecule has 1 saturated carbocycles. The number of anilines is 1. The molecule has 0 spiro atoms. The Morgan fingerprint density at radius 3 is 2.53 bits per heavy atom. The first kappa shape index (κ1) is 21.3. The number of cyclic esters (lactones) is 1. The number of piperidine rings is 1. The third-order valence-corrected chi connectivity index (χ3v) is 6.85. The van der Waals surface area contributed by atoms with E-state index in [9.17, 15) is 4.79 Å². The van der Waals surface area contributed by atoms with Crippen molar-refractivity contribution in [2.24, 2.45) is 0 Å². The second-order valence-corrected chi connectivity index (χ2v) is 9.10. The Labute approximate surface area is 190 Å². The average molecular weight is 436 g/mol. The fraction of sp³-hybridized carbons (Fsp3) is 0.500. The van der Waals surface area contributed by atoms with E-state index in [-0.39, 0.29) is 6.09 Å². The van der Waals surface area contributed by atoms with Gasteiger partial charge in [0.15, 0.2) is 0 Å². The Kier molecular flexibility index (Phi) is 6.60. The predicted molar refractivity (Wildman–Crippen MR) is 125 cm³/mol. The van der Waals surface area contributed by atoms with Gasteiger partial charge in [-0.3, -0.25) is 9.80 Å². The third kappa shape index (κ3) is 5.25. The smallest absolute Gasteiger partial charge is 0.414 e. The van der Waals surface area contributed by atoms with Crippen LogP contribution in [0, 0.1) is 0 Å². The lowest BCUT2D eigenvalue weighted by Crippen LogP contribution is -2.44. The normalized spacial score (nSPS) is 24.2. The topological polar surface area (TPSA) is 54.0 Å². The molecule has 1 N–H and O–H groups in total. The Morgan fingerprint density at radius 2 is 1.78 bits per heavy atom. The molecule has 0 unspecified atom stereocenters. The number of carbonyl (C=O) groups excluding carboxylic acids is 1. The lowest BCUT2D eigenvalue weighted by Gasteiger charge is -2.32. The number of likely N-dealkylation sites (tertiary alicyclic amines) is 1. The molecule has 0 bridgehead atoms. The maximum Gasteiger partial charge on any atom is 0.414 e. The molecular formula is C26H33N3O3. The number of ether oxygens (including phenoxy) is 2. The minimum Gasteiger partial charge on any atom is -0.492 e. The zero-order valence-electron chi connectivity index (χ0n) is 18.6. The van der Waals surface area contributed by atoms with Gasteiger partial charge in [0.2, 0.25) is 0 Å². The zero-order chi connectivity index (χ0) is 21.8. The summed E-state index contributed by atoms with van der Waals surface area (Å²) in [4.78, 5) is 16.0. The minimum atomic E-state index is -0.264. The molecule has 0 radical (unpaired) electrons. The van der Waals surface area contributed by atoms with Crippen LogP contribution in [-0.4, -0.2) is 62.5 Å². The number of hydrogen-bond acceptors (Lipinski definition) is 5. The van der Waals surface area contributed by atoms with Crippen LogP contribution in [0.25, 0.3) is 0 Å². The SMILES string of the molecule is O=C1OCCCN1c1ccc(OCCN2CCC(N[C@@H]3C[C@H]3c3ccccc3)CC2)cc1.